The molecule has 4 heteroatoms. The third-order valence-corrected chi connectivity index (χ3v) is 2.93. The Bertz CT molecular complexity index is 138. The Morgan fingerprint density at radius 2 is 2.45 bits per heavy atom. The Balaban J connectivity index is 3.54. The molecule has 2 nitrogen and oxygen atoms in total. The zero-order chi connectivity index (χ0) is 8.69. The predicted molar refractivity (Wildman–Crippen MR) is 49.9 cm³/mol. The quantitative estimate of drug-likeness (QED) is 0.371. The van der Waals surface area contributed by atoms with Crippen molar-refractivity contribution in [3.63, 3.8) is 0 Å². The maximum absolute atomic E-state index is 11.1. The molecule has 0 N–H and O–H groups in total. The molecule has 0 fully saturated rings. The lowest BCUT2D eigenvalue weighted by atomic mass is 10.3. The first-order valence-electron chi connectivity index (χ1n) is 3.55. The highest BCUT2D eigenvalue weighted by molar-refractivity contribution is 7.40. The summed E-state index contributed by atoms with van der Waals surface area (Å²) in [5, 5.41) is 0. The molecule has 66 valence electrons. The molecule has 0 aliphatic carbocycles. The Hall–Kier alpha value is 0.220. The molecule has 0 amide bonds. The largest absolute Gasteiger partial charge is 0.329 e. The second kappa shape index (κ2) is 6.90. The monoisotopic (exact) mass is 196 g/mol. The number of hydrogen-bond acceptors (Lipinski definition) is 2. The van der Waals surface area contributed by atoms with Gasteiger partial charge in [0.2, 0.25) is 0 Å². The van der Waals surface area contributed by atoms with Crippen molar-refractivity contribution in [2.45, 2.75) is 19.0 Å². The average molecular weight is 197 g/mol. The molecule has 0 aliphatic rings. The van der Waals surface area contributed by atoms with Gasteiger partial charge in [0, 0.05) is 11.5 Å². The number of alkyl halides is 1. The van der Waals surface area contributed by atoms with Gasteiger partial charge in [-0.25, -0.2) is 0 Å². The number of rotatable bonds is 6. The minimum absolute atomic E-state index is 0.0840. The van der Waals surface area contributed by atoms with Crippen molar-refractivity contribution in [2.75, 3.05) is 12.5 Å². The van der Waals surface area contributed by atoms with Gasteiger partial charge >= 0.3 is 0 Å². The van der Waals surface area contributed by atoms with E-state index in [0.717, 1.165) is 6.42 Å². The van der Waals surface area contributed by atoms with Crippen molar-refractivity contribution < 1.29 is 9.09 Å². The fourth-order valence-corrected chi connectivity index (χ4v) is 1.78. The molecule has 0 rings (SSSR count). The van der Waals surface area contributed by atoms with Gasteiger partial charge in [-0.3, -0.25) is 4.57 Å². The number of halogens is 1. The van der Waals surface area contributed by atoms with E-state index in [2.05, 4.69) is 6.58 Å². The Kier molecular flexibility index (Phi) is 7.04. The maximum Gasteiger partial charge on any atom is 0.194 e. The minimum Gasteiger partial charge on any atom is -0.329 e. The summed E-state index contributed by atoms with van der Waals surface area (Å²) < 4.78 is 16.1. The van der Waals surface area contributed by atoms with Crippen molar-refractivity contribution in [2.24, 2.45) is 0 Å². The second-order valence-electron chi connectivity index (χ2n) is 2.28. The fourth-order valence-electron chi connectivity index (χ4n) is 0.628. The first-order chi connectivity index (χ1) is 5.22. The van der Waals surface area contributed by atoms with E-state index in [1.54, 1.807) is 6.08 Å². The topological polar surface area (TPSA) is 26.3 Å². The molecule has 0 bridgehead atoms. The highest BCUT2D eigenvalue weighted by atomic mass is 35.5. The lowest BCUT2D eigenvalue weighted by molar-refractivity contribution is 0.347. The van der Waals surface area contributed by atoms with Crippen LogP contribution in [0.5, 0.6) is 0 Å². The summed E-state index contributed by atoms with van der Waals surface area (Å²) in [6.45, 7) is 5.82. The molecule has 0 aromatic heterocycles. The molecule has 0 spiro atoms. The number of allylic oxidation sites excluding steroid dienone is 1. The first kappa shape index (κ1) is 11.2. The van der Waals surface area contributed by atoms with E-state index >= 15 is 0 Å². The highest BCUT2D eigenvalue weighted by Gasteiger charge is 2.08. The van der Waals surface area contributed by atoms with Gasteiger partial charge in [-0.05, 0) is 6.42 Å². The van der Waals surface area contributed by atoms with Gasteiger partial charge in [-0.1, -0.05) is 13.0 Å². The van der Waals surface area contributed by atoms with Crippen molar-refractivity contribution in [1.82, 2.24) is 0 Å². The van der Waals surface area contributed by atoms with Gasteiger partial charge in [-0.2, -0.15) is 0 Å². The van der Waals surface area contributed by atoms with Gasteiger partial charge in [0.15, 0.2) is 8.03 Å². The second-order valence-corrected chi connectivity index (χ2v) is 4.57. The van der Waals surface area contributed by atoms with Crippen molar-refractivity contribution in [1.29, 1.82) is 0 Å². The molecule has 0 saturated heterocycles. The van der Waals surface area contributed by atoms with Crippen LogP contribution >= 0.6 is 19.6 Å². The summed E-state index contributed by atoms with van der Waals surface area (Å²) in [7, 11) is -1.90. The summed E-state index contributed by atoms with van der Waals surface area (Å²) in [6.07, 6.45) is 2.48. The third kappa shape index (κ3) is 5.49. The molecule has 0 aliphatic heterocycles. The summed E-state index contributed by atoms with van der Waals surface area (Å²) in [6, 6.07) is 0. The molecule has 0 aromatic rings. The van der Waals surface area contributed by atoms with E-state index in [1.165, 1.54) is 0 Å². The molecule has 0 aromatic carbocycles. The normalized spacial score (nSPS) is 15.8. The average Bonchev–Trinajstić information content (AvgIpc) is 2.00. The van der Waals surface area contributed by atoms with Crippen molar-refractivity contribution in [3.8, 4) is 0 Å². The van der Waals surface area contributed by atoms with E-state index in [-0.39, 0.29) is 5.66 Å². The van der Waals surface area contributed by atoms with Gasteiger partial charge in [0.25, 0.3) is 0 Å². The summed E-state index contributed by atoms with van der Waals surface area (Å²) in [5.41, 5.74) is 0.0840. The van der Waals surface area contributed by atoms with Gasteiger partial charge in [0.1, 0.15) is 0 Å². The molecular weight excluding hydrogens is 183 g/mol. The van der Waals surface area contributed by atoms with E-state index in [9.17, 15) is 4.57 Å². The Morgan fingerprint density at radius 3 is 2.91 bits per heavy atom. The third-order valence-electron chi connectivity index (χ3n) is 1.24. The van der Waals surface area contributed by atoms with Crippen LogP contribution in [0.2, 0.25) is 0 Å². The van der Waals surface area contributed by atoms with Crippen LogP contribution in [0.1, 0.15) is 13.3 Å². The van der Waals surface area contributed by atoms with E-state index in [1.807, 2.05) is 6.92 Å². The van der Waals surface area contributed by atoms with Crippen LogP contribution in [0.4, 0.5) is 0 Å². The van der Waals surface area contributed by atoms with E-state index in [0.29, 0.717) is 12.5 Å². The highest BCUT2D eigenvalue weighted by Crippen LogP contribution is 2.31. The standard InChI is InChI=1S/C7H14ClO2P/c1-3-4-7(2)11(9)10-6-5-8/h3,7,11H,1,4-6H2,2H3. The molecule has 0 heterocycles. The van der Waals surface area contributed by atoms with Crippen LogP contribution in [-0.2, 0) is 9.09 Å². The smallest absolute Gasteiger partial charge is 0.194 e. The summed E-state index contributed by atoms with van der Waals surface area (Å²) >= 11 is 5.36. The van der Waals surface area contributed by atoms with E-state index in [4.69, 9.17) is 16.1 Å². The summed E-state index contributed by atoms with van der Waals surface area (Å²) in [4.78, 5) is 0. The zero-order valence-electron chi connectivity index (χ0n) is 6.68. The van der Waals surface area contributed by atoms with Crippen LogP contribution in [0, 0.1) is 0 Å². The van der Waals surface area contributed by atoms with Crippen LogP contribution in [0.25, 0.3) is 0 Å². The lowest BCUT2D eigenvalue weighted by Gasteiger charge is -2.07. The van der Waals surface area contributed by atoms with Crippen molar-refractivity contribution >= 4 is 19.6 Å². The maximum atomic E-state index is 11.1. The molecule has 2 unspecified atom stereocenters. The fraction of sp³-hybridized carbons (Fsp3) is 0.714. The molecular formula is C7H14ClO2P. The van der Waals surface area contributed by atoms with Crippen LogP contribution in [0.15, 0.2) is 12.7 Å². The summed E-state index contributed by atoms with van der Waals surface area (Å²) in [5.74, 6) is 0.400. The molecule has 11 heavy (non-hydrogen) atoms. The van der Waals surface area contributed by atoms with Crippen LogP contribution < -0.4 is 0 Å². The SMILES string of the molecule is C=CCC(C)[PH](=O)OCCCl. The molecule has 0 radical (unpaired) electrons. The van der Waals surface area contributed by atoms with Gasteiger partial charge in [0.05, 0.1) is 6.61 Å². The van der Waals surface area contributed by atoms with Gasteiger partial charge < -0.3 is 4.52 Å². The molecule has 0 saturated carbocycles. The first-order valence-corrected chi connectivity index (χ1v) is 5.48. The van der Waals surface area contributed by atoms with Crippen LogP contribution in [0.3, 0.4) is 0 Å². The minimum atomic E-state index is -1.90. The van der Waals surface area contributed by atoms with E-state index < -0.39 is 8.03 Å². The zero-order valence-corrected chi connectivity index (χ0v) is 8.43. The molecule has 2 atom stereocenters. The van der Waals surface area contributed by atoms with Crippen LogP contribution in [-0.4, -0.2) is 18.1 Å². The van der Waals surface area contributed by atoms with Crippen molar-refractivity contribution in [3.05, 3.63) is 12.7 Å². The lowest BCUT2D eigenvalue weighted by Crippen LogP contribution is -1.97. The van der Waals surface area contributed by atoms with Gasteiger partial charge in [-0.15, -0.1) is 18.2 Å². The Morgan fingerprint density at radius 1 is 1.82 bits per heavy atom. The Labute approximate surface area is 73.4 Å². The predicted octanol–water partition coefficient (Wildman–Crippen LogP) is 2.68. The number of hydrogen-bond donors (Lipinski definition) is 0.